The van der Waals surface area contributed by atoms with Gasteiger partial charge in [0.1, 0.15) is 0 Å². The molecular formula is C9H8N2O2. The molecule has 2 N–H and O–H groups in total. The van der Waals surface area contributed by atoms with E-state index in [0.29, 0.717) is 16.9 Å². The van der Waals surface area contributed by atoms with Gasteiger partial charge in [-0.2, -0.15) is 0 Å². The minimum absolute atomic E-state index is 0.396. The van der Waals surface area contributed by atoms with Gasteiger partial charge in [-0.1, -0.05) is 6.07 Å². The van der Waals surface area contributed by atoms with Crippen molar-refractivity contribution in [3.63, 3.8) is 0 Å². The lowest BCUT2D eigenvalue weighted by Crippen LogP contribution is -2.25. The molecule has 0 saturated heterocycles. The Kier molecular flexibility index (Phi) is 1.39. The van der Waals surface area contributed by atoms with Crippen LogP contribution >= 0.6 is 0 Å². The summed E-state index contributed by atoms with van der Waals surface area (Å²) in [7, 11) is 1.54. The predicted molar refractivity (Wildman–Crippen MR) is 48.6 cm³/mol. The van der Waals surface area contributed by atoms with E-state index in [1.165, 1.54) is 4.90 Å². The van der Waals surface area contributed by atoms with Crippen molar-refractivity contribution in [3.05, 3.63) is 23.8 Å². The number of Topliss-reactive ketones (excluding diaryl/α,β-unsaturated/α-hetero) is 1. The minimum Gasteiger partial charge on any atom is -0.397 e. The number of carbonyl (C=O) groups is 2. The van der Waals surface area contributed by atoms with E-state index in [4.69, 9.17) is 5.73 Å². The number of likely N-dealkylation sites (N-methyl/N-ethyl adjacent to an activating group) is 1. The van der Waals surface area contributed by atoms with Crippen LogP contribution in [0.2, 0.25) is 0 Å². The third-order valence-electron chi connectivity index (χ3n) is 2.15. The predicted octanol–water partition coefficient (Wildman–Crippen LogP) is 0.428. The number of carbonyl (C=O) groups excluding carboxylic acids is 2. The van der Waals surface area contributed by atoms with Crippen molar-refractivity contribution in [1.29, 1.82) is 0 Å². The largest absolute Gasteiger partial charge is 0.397 e. The Morgan fingerprint density at radius 2 is 2.00 bits per heavy atom. The van der Waals surface area contributed by atoms with E-state index < -0.39 is 11.7 Å². The first kappa shape index (κ1) is 7.79. The van der Waals surface area contributed by atoms with Crippen molar-refractivity contribution in [3.8, 4) is 0 Å². The van der Waals surface area contributed by atoms with Crippen molar-refractivity contribution in [2.45, 2.75) is 0 Å². The van der Waals surface area contributed by atoms with Gasteiger partial charge in [0, 0.05) is 7.05 Å². The van der Waals surface area contributed by atoms with Crippen LogP contribution in [0.15, 0.2) is 18.2 Å². The van der Waals surface area contributed by atoms with E-state index in [9.17, 15) is 9.59 Å². The van der Waals surface area contributed by atoms with Gasteiger partial charge in [-0.3, -0.25) is 9.59 Å². The average Bonchev–Trinajstić information content (AvgIpc) is 2.33. The fourth-order valence-corrected chi connectivity index (χ4v) is 1.49. The summed E-state index contributed by atoms with van der Waals surface area (Å²) < 4.78 is 0. The zero-order valence-electron chi connectivity index (χ0n) is 7.07. The van der Waals surface area contributed by atoms with E-state index in [0.717, 1.165) is 0 Å². The van der Waals surface area contributed by atoms with Crippen molar-refractivity contribution in [1.82, 2.24) is 0 Å². The lowest BCUT2D eigenvalue weighted by molar-refractivity contribution is -0.114. The van der Waals surface area contributed by atoms with E-state index in [2.05, 4.69) is 0 Å². The lowest BCUT2D eigenvalue weighted by Gasteiger charge is -2.10. The number of nitrogen functional groups attached to an aromatic ring is 1. The van der Waals surface area contributed by atoms with Gasteiger partial charge in [0.05, 0.1) is 16.9 Å². The molecule has 2 rings (SSSR count). The van der Waals surface area contributed by atoms with Gasteiger partial charge in [0.2, 0.25) is 0 Å². The van der Waals surface area contributed by atoms with E-state index in [-0.39, 0.29) is 0 Å². The number of nitrogens with zero attached hydrogens (tertiary/aromatic N) is 1. The van der Waals surface area contributed by atoms with Gasteiger partial charge in [0.15, 0.2) is 0 Å². The number of hydrogen-bond donors (Lipinski definition) is 1. The van der Waals surface area contributed by atoms with Crippen LogP contribution in [0, 0.1) is 0 Å². The molecule has 0 aromatic heterocycles. The molecule has 0 fully saturated rings. The summed E-state index contributed by atoms with van der Waals surface area (Å²) in [5.74, 6) is -1.00. The van der Waals surface area contributed by atoms with Crippen LogP contribution in [-0.4, -0.2) is 18.7 Å². The second-order valence-corrected chi connectivity index (χ2v) is 2.94. The van der Waals surface area contributed by atoms with E-state index in [1.54, 1.807) is 25.2 Å². The molecule has 1 aromatic carbocycles. The first-order valence-corrected chi connectivity index (χ1v) is 3.84. The number of para-hydroxylation sites is 1. The topological polar surface area (TPSA) is 63.4 Å². The fourth-order valence-electron chi connectivity index (χ4n) is 1.49. The SMILES string of the molecule is CN1C(=O)C(=O)c2cccc(N)c21. The van der Waals surface area contributed by atoms with Crippen LogP contribution in [-0.2, 0) is 4.79 Å². The average molecular weight is 176 g/mol. The molecule has 1 aliphatic heterocycles. The zero-order chi connectivity index (χ0) is 9.59. The highest BCUT2D eigenvalue weighted by Crippen LogP contribution is 2.32. The van der Waals surface area contributed by atoms with Gasteiger partial charge in [-0.25, -0.2) is 0 Å². The Bertz CT molecular complexity index is 412. The Morgan fingerprint density at radius 1 is 1.31 bits per heavy atom. The molecule has 1 aromatic rings. The highest BCUT2D eigenvalue weighted by atomic mass is 16.2. The summed E-state index contributed by atoms with van der Waals surface area (Å²) in [4.78, 5) is 23.8. The second-order valence-electron chi connectivity index (χ2n) is 2.94. The molecule has 4 heteroatoms. The van der Waals surface area contributed by atoms with Crippen molar-refractivity contribution in [2.24, 2.45) is 0 Å². The molecule has 1 amide bonds. The third kappa shape index (κ3) is 0.853. The number of benzene rings is 1. The maximum atomic E-state index is 11.3. The molecule has 0 saturated carbocycles. The molecule has 1 aliphatic rings. The summed E-state index contributed by atoms with van der Waals surface area (Å²) in [6, 6.07) is 4.94. The summed E-state index contributed by atoms with van der Waals surface area (Å²) in [5, 5.41) is 0. The smallest absolute Gasteiger partial charge is 0.299 e. The molecule has 4 nitrogen and oxygen atoms in total. The van der Waals surface area contributed by atoms with Crippen molar-refractivity contribution >= 4 is 23.1 Å². The van der Waals surface area contributed by atoms with Gasteiger partial charge in [-0.15, -0.1) is 0 Å². The van der Waals surface area contributed by atoms with Crippen molar-refractivity contribution < 1.29 is 9.59 Å². The first-order valence-electron chi connectivity index (χ1n) is 3.84. The Morgan fingerprint density at radius 3 is 2.62 bits per heavy atom. The van der Waals surface area contributed by atoms with E-state index >= 15 is 0 Å². The number of fused-ring (bicyclic) bond motifs is 1. The first-order chi connectivity index (χ1) is 6.13. The number of hydrogen-bond acceptors (Lipinski definition) is 3. The maximum absolute atomic E-state index is 11.3. The number of anilines is 2. The molecule has 0 aliphatic carbocycles. The van der Waals surface area contributed by atoms with Crippen molar-refractivity contribution in [2.75, 3.05) is 17.7 Å². The fraction of sp³-hybridized carbons (Fsp3) is 0.111. The highest BCUT2D eigenvalue weighted by Gasteiger charge is 2.34. The summed E-state index contributed by atoms with van der Waals surface area (Å²) in [6.45, 7) is 0. The summed E-state index contributed by atoms with van der Waals surface area (Å²) in [5.41, 5.74) is 7.02. The van der Waals surface area contributed by atoms with Crippen LogP contribution in [0.4, 0.5) is 11.4 Å². The highest BCUT2D eigenvalue weighted by molar-refractivity contribution is 6.52. The lowest BCUT2D eigenvalue weighted by atomic mass is 10.1. The van der Waals surface area contributed by atoms with Crippen LogP contribution < -0.4 is 10.6 Å². The monoisotopic (exact) mass is 176 g/mol. The van der Waals surface area contributed by atoms with Gasteiger partial charge >= 0.3 is 0 Å². The molecule has 0 atom stereocenters. The summed E-state index contributed by atoms with van der Waals surface area (Å²) >= 11 is 0. The summed E-state index contributed by atoms with van der Waals surface area (Å²) in [6.07, 6.45) is 0. The van der Waals surface area contributed by atoms with Crippen LogP contribution in [0.1, 0.15) is 10.4 Å². The number of ketones is 1. The molecule has 0 bridgehead atoms. The zero-order valence-corrected chi connectivity index (χ0v) is 7.07. The Labute approximate surface area is 74.9 Å². The number of amides is 1. The molecule has 13 heavy (non-hydrogen) atoms. The van der Waals surface area contributed by atoms with Gasteiger partial charge < -0.3 is 10.6 Å². The Hall–Kier alpha value is -1.84. The molecule has 0 radical (unpaired) electrons. The molecule has 0 unspecified atom stereocenters. The van der Waals surface area contributed by atoms with Crippen LogP contribution in [0.25, 0.3) is 0 Å². The molecule has 66 valence electrons. The minimum atomic E-state index is -0.520. The van der Waals surface area contributed by atoms with Gasteiger partial charge in [-0.05, 0) is 12.1 Å². The van der Waals surface area contributed by atoms with E-state index in [1.807, 2.05) is 0 Å². The molecular weight excluding hydrogens is 168 g/mol. The Balaban J connectivity index is 2.73. The quantitative estimate of drug-likeness (QED) is 0.460. The number of rotatable bonds is 0. The molecule has 0 spiro atoms. The van der Waals surface area contributed by atoms with Crippen LogP contribution in [0.3, 0.4) is 0 Å². The third-order valence-corrected chi connectivity index (χ3v) is 2.15. The number of nitrogens with two attached hydrogens (primary N) is 1. The van der Waals surface area contributed by atoms with Gasteiger partial charge in [0.25, 0.3) is 11.7 Å². The van der Waals surface area contributed by atoms with Crippen LogP contribution in [0.5, 0.6) is 0 Å². The molecule has 1 heterocycles. The maximum Gasteiger partial charge on any atom is 0.299 e. The second kappa shape index (κ2) is 2.32. The normalized spacial score (nSPS) is 15.0. The standard InChI is InChI=1S/C9H8N2O2/c1-11-7-5(8(12)9(11)13)3-2-4-6(7)10/h2-4H,10H2,1H3.